The molecule has 1 aliphatic rings. The summed E-state index contributed by atoms with van der Waals surface area (Å²) >= 11 is 1.18. The third-order valence-electron chi connectivity index (χ3n) is 4.45. The second kappa shape index (κ2) is 8.83. The molecular weight excluding hydrogens is 402 g/mol. The zero-order valence-corrected chi connectivity index (χ0v) is 17.0. The van der Waals surface area contributed by atoms with E-state index in [9.17, 15) is 9.59 Å². The number of hydrogen-bond acceptors (Lipinski definition) is 8. The SMILES string of the molecule is CCOc1ccc2ccccc2c1C(=O)Nc1nnc(NCC2N=CC=CC2=O)s1. The average Bonchev–Trinajstić information content (AvgIpc) is 3.20. The van der Waals surface area contributed by atoms with Gasteiger partial charge in [0.25, 0.3) is 5.91 Å². The van der Waals surface area contributed by atoms with Gasteiger partial charge in [0.05, 0.1) is 12.2 Å². The van der Waals surface area contributed by atoms with E-state index in [0.717, 1.165) is 10.8 Å². The highest BCUT2D eigenvalue weighted by molar-refractivity contribution is 7.19. The van der Waals surface area contributed by atoms with Crippen LogP contribution in [0.25, 0.3) is 10.8 Å². The van der Waals surface area contributed by atoms with Gasteiger partial charge in [-0.25, -0.2) is 0 Å². The number of aromatic nitrogens is 2. The first-order valence-electron chi connectivity index (χ1n) is 9.42. The number of nitrogens with one attached hydrogen (secondary N) is 2. The predicted octanol–water partition coefficient (Wildman–Crippen LogP) is 3.33. The maximum atomic E-state index is 13.0. The molecule has 2 heterocycles. The Kier molecular flexibility index (Phi) is 5.80. The fraction of sp³-hybridized carbons (Fsp3) is 0.190. The Balaban J connectivity index is 1.49. The number of aliphatic imine (C=N–C) groups is 1. The molecule has 2 N–H and O–H groups in total. The maximum Gasteiger partial charge on any atom is 0.261 e. The first-order chi connectivity index (χ1) is 14.7. The Morgan fingerprint density at radius 2 is 2.00 bits per heavy atom. The van der Waals surface area contributed by atoms with E-state index >= 15 is 0 Å². The number of benzene rings is 2. The Hall–Kier alpha value is -3.59. The van der Waals surface area contributed by atoms with Crippen LogP contribution in [0.3, 0.4) is 0 Å². The minimum Gasteiger partial charge on any atom is -0.493 e. The topological polar surface area (TPSA) is 106 Å². The summed E-state index contributed by atoms with van der Waals surface area (Å²) in [5.41, 5.74) is 0.452. The number of ketones is 1. The number of dihydropyridines is 1. The molecule has 0 bridgehead atoms. The van der Waals surface area contributed by atoms with Gasteiger partial charge >= 0.3 is 0 Å². The molecule has 3 aromatic rings. The van der Waals surface area contributed by atoms with Crippen molar-refractivity contribution in [3.63, 3.8) is 0 Å². The minimum atomic E-state index is -0.485. The van der Waals surface area contributed by atoms with E-state index in [0.29, 0.717) is 34.7 Å². The van der Waals surface area contributed by atoms with Crippen molar-refractivity contribution in [1.82, 2.24) is 10.2 Å². The van der Waals surface area contributed by atoms with Gasteiger partial charge in [0.2, 0.25) is 10.3 Å². The lowest BCUT2D eigenvalue weighted by atomic mass is 10.0. The second-order valence-corrected chi connectivity index (χ2v) is 7.39. The molecule has 0 radical (unpaired) electrons. The number of ether oxygens (including phenoxy) is 1. The Morgan fingerprint density at radius 1 is 1.17 bits per heavy atom. The van der Waals surface area contributed by atoms with Crippen LogP contribution in [-0.4, -0.2) is 47.3 Å². The van der Waals surface area contributed by atoms with E-state index in [-0.39, 0.29) is 11.7 Å². The molecule has 9 heteroatoms. The van der Waals surface area contributed by atoms with Crippen LogP contribution in [0, 0.1) is 0 Å². The number of nitrogens with zero attached hydrogens (tertiary/aromatic N) is 3. The summed E-state index contributed by atoms with van der Waals surface area (Å²) in [6, 6.07) is 10.9. The van der Waals surface area contributed by atoms with Crippen molar-refractivity contribution in [3.05, 3.63) is 54.1 Å². The van der Waals surface area contributed by atoms with E-state index in [1.54, 1.807) is 18.4 Å². The lowest BCUT2D eigenvalue weighted by Gasteiger charge is -2.12. The molecule has 1 aliphatic heterocycles. The number of hydrogen-bond donors (Lipinski definition) is 2. The molecule has 0 saturated heterocycles. The van der Waals surface area contributed by atoms with E-state index in [1.807, 2.05) is 37.3 Å². The molecule has 30 heavy (non-hydrogen) atoms. The summed E-state index contributed by atoms with van der Waals surface area (Å²) in [5.74, 6) is 0.121. The molecule has 0 fully saturated rings. The molecule has 8 nitrogen and oxygen atoms in total. The monoisotopic (exact) mass is 421 g/mol. The van der Waals surface area contributed by atoms with E-state index < -0.39 is 6.04 Å². The van der Waals surface area contributed by atoms with Crippen molar-refractivity contribution in [2.75, 3.05) is 23.8 Å². The number of carbonyl (C=O) groups is 2. The number of rotatable bonds is 7. The normalized spacial score (nSPS) is 15.4. The molecule has 152 valence electrons. The van der Waals surface area contributed by atoms with Crippen molar-refractivity contribution >= 4 is 50.3 Å². The van der Waals surface area contributed by atoms with Crippen molar-refractivity contribution in [3.8, 4) is 5.75 Å². The molecule has 0 spiro atoms. The van der Waals surface area contributed by atoms with Crippen LogP contribution in [0.1, 0.15) is 17.3 Å². The number of allylic oxidation sites excluding steroid dienone is 1. The van der Waals surface area contributed by atoms with Crippen molar-refractivity contribution < 1.29 is 14.3 Å². The minimum absolute atomic E-state index is 0.0672. The molecule has 2 aromatic carbocycles. The van der Waals surface area contributed by atoms with Crippen LogP contribution in [0.5, 0.6) is 5.75 Å². The van der Waals surface area contributed by atoms with Crippen molar-refractivity contribution in [2.45, 2.75) is 13.0 Å². The Morgan fingerprint density at radius 3 is 2.83 bits per heavy atom. The van der Waals surface area contributed by atoms with E-state index in [4.69, 9.17) is 4.74 Å². The van der Waals surface area contributed by atoms with Gasteiger partial charge in [0.1, 0.15) is 11.8 Å². The standard InChI is InChI=1S/C21H19N5O3S/c1-2-29-17-10-9-13-6-3-4-7-14(13)18(17)19(28)24-21-26-25-20(30-21)23-12-15-16(27)8-5-11-22-15/h3-11,15H,2,12H2,1H3,(H,23,25)(H,24,26,28). The summed E-state index contributed by atoms with van der Waals surface area (Å²) in [4.78, 5) is 28.9. The number of fused-ring (bicyclic) bond motifs is 1. The quantitative estimate of drug-likeness (QED) is 0.606. The first kappa shape index (κ1) is 19.7. The lowest BCUT2D eigenvalue weighted by molar-refractivity contribution is -0.115. The smallest absolute Gasteiger partial charge is 0.261 e. The molecule has 1 aromatic heterocycles. The number of anilines is 2. The molecule has 4 rings (SSSR count). The molecule has 1 atom stereocenters. The van der Waals surface area contributed by atoms with Gasteiger partial charge < -0.3 is 10.1 Å². The van der Waals surface area contributed by atoms with Crippen LogP contribution < -0.4 is 15.4 Å². The highest BCUT2D eigenvalue weighted by Crippen LogP contribution is 2.30. The molecule has 1 unspecified atom stereocenters. The zero-order valence-electron chi connectivity index (χ0n) is 16.2. The van der Waals surface area contributed by atoms with Crippen molar-refractivity contribution in [1.29, 1.82) is 0 Å². The summed E-state index contributed by atoms with van der Waals surface area (Å²) < 4.78 is 5.67. The molecular formula is C21H19N5O3S. The van der Waals surface area contributed by atoms with Crippen LogP contribution in [0.4, 0.5) is 10.3 Å². The molecule has 0 aliphatic carbocycles. The van der Waals surface area contributed by atoms with E-state index in [2.05, 4.69) is 25.8 Å². The summed E-state index contributed by atoms with van der Waals surface area (Å²) in [7, 11) is 0. The maximum absolute atomic E-state index is 13.0. The highest BCUT2D eigenvalue weighted by atomic mass is 32.1. The Bertz CT molecular complexity index is 1150. The average molecular weight is 421 g/mol. The van der Waals surface area contributed by atoms with Gasteiger partial charge in [0.15, 0.2) is 5.78 Å². The zero-order chi connectivity index (χ0) is 20.9. The third kappa shape index (κ3) is 4.20. The number of carbonyl (C=O) groups excluding carboxylic acids is 2. The second-order valence-electron chi connectivity index (χ2n) is 6.42. The number of amides is 1. The molecule has 1 amide bonds. The predicted molar refractivity (Wildman–Crippen MR) is 118 cm³/mol. The van der Waals surface area contributed by atoms with Crippen LogP contribution in [0.2, 0.25) is 0 Å². The van der Waals surface area contributed by atoms with Gasteiger partial charge in [-0.3, -0.25) is 19.9 Å². The fourth-order valence-corrected chi connectivity index (χ4v) is 3.73. The third-order valence-corrected chi connectivity index (χ3v) is 5.25. The van der Waals surface area contributed by atoms with Gasteiger partial charge in [-0.05, 0) is 35.9 Å². The summed E-state index contributed by atoms with van der Waals surface area (Å²) in [6.07, 6.45) is 4.70. The van der Waals surface area contributed by atoms with Gasteiger partial charge in [-0.1, -0.05) is 41.7 Å². The van der Waals surface area contributed by atoms with Gasteiger partial charge in [-0.2, -0.15) is 0 Å². The largest absolute Gasteiger partial charge is 0.493 e. The van der Waals surface area contributed by atoms with Crippen LogP contribution >= 0.6 is 11.3 Å². The summed E-state index contributed by atoms with van der Waals surface area (Å²) in [6.45, 7) is 2.62. The summed E-state index contributed by atoms with van der Waals surface area (Å²) in [5, 5.41) is 16.4. The van der Waals surface area contributed by atoms with Crippen LogP contribution in [-0.2, 0) is 4.79 Å². The van der Waals surface area contributed by atoms with E-state index in [1.165, 1.54) is 17.4 Å². The Labute approximate surface area is 176 Å². The van der Waals surface area contributed by atoms with Gasteiger partial charge in [0, 0.05) is 12.8 Å². The first-order valence-corrected chi connectivity index (χ1v) is 10.2. The lowest BCUT2D eigenvalue weighted by Crippen LogP contribution is -2.27. The highest BCUT2D eigenvalue weighted by Gasteiger charge is 2.20. The van der Waals surface area contributed by atoms with Crippen LogP contribution in [0.15, 0.2) is 53.5 Å². The fourth-order valence-electron chi connectivity index (χ4n) is 3.08. The van der Waals surface area contributed by atoms with Crippen molar-refractivity contribution in [2.24, 2.45) is 4.99 Å². The molecule has 0 saturated carbocycles. The van der Waals surface area contributed by atoms with Gasteiger partial charge in [-0.15, -0.1) is 10.2 Å².